The van der Waals surface area contributed by atoms with Gasteiger partial charge in [0, 0.05) is 45.9 Å². The van der Waals surface area contributed by atoms with E-state index in [0.717, 1.165) is 70.8 Å². The van der Waals surface area contributed by atoms with Gasteiger partial charge < -0.3 is 15.4 Å². The number of ether oxygens (including phenoxy) is 1. The Morgan fingerprint density at radius 3 is 2.59 bits per heavy atom. The van der Waals surface area contributed by atoms with E-state index in [1.54, 1.807) is 0 Å². The summed E-state index contributed by atoms with van der Waals surface area (Å²) in [6.45, 7) is 5.03. The predicted octanol–water partition coefficient (Wildman–Crippen LogP) is 2.94. The van der Waals surface area contributed by atoms with Crippen molar-refractivity contribution in [2.45, 2.75) is 50.8 Å². The lowest BCUT2D eigenvalue weighted by molar-refractivity contribution is 0.00534. The van der Waals surface area contributed by atoms with Crippen LogP contribution in [0.15, 0.2) is 47.5 Å². The molecule has 3 rings (SSSR count). The fourth-order valence-electron chi connectivity index (χ4n) is 3.73. The molecule has 5 heteroatoms. The number of hydrogen-bond acceptors (Lipinski definition) is 3. The second-order valence-corrected chi connectivity index (χ2v) is 7.47. The number of likely N-dealkylation sites (tertiary alicyclic amines) is 1. The Bertz CT molecular complexity index is 586. The SMILES string of the molecule is CN=C(NCCCOC1CCN(Cc2ccccc2)CC1)NC1CC=CC1. The molecule has 0 saturated carbocycles. The van der Waals surface area contributed by atoms with Crippen LogP contribution >= 0.6 is 0 Å². The highest BCUT2D eigenvalue weighted by atomic mass is 16.5. The molecule has 1 aromatic rings. The Kier molecular flexibility index (Phi) is 8.18. The van der Waals surface area contributed by atoms with Gasteiger partial charge in [0.25, 0.3) is 0 Å². The fourth-order valence-corrected chi connectivity index (χ4v) is 3.73. The second kappa shape index (κ2) is 11.1. The highest BCUT2D eigenvalue weighted by molar-refractivity contribution is 5.80. The molecule has 0 spiro atoms. The molecular weight excluding hydrogens is 336 g/mol. The first-order chi connectivity index (χ1) is 13.3. The Morgan fingerprint density at radius 1 is 1.15 bits per heavy atom. The van der Waals surface area contributed by atoms with Crippen molar-refractivity contribution in [1.29, 1.82) is 0 Å². The van der Waals surface area contributed by atoms with Crippen LogP contribution < -0.4 is 10.6 Å². The molecule has 27 heavy (non-hydrogen) atoms. The van der Waals surface area contributed by atoms with Gasteiger partial charge in [0.2, 0.25) is 0 Å². The molecule has 5 nitrogen and oxygen atoms in total. The summed E-state index contributed by atoms with van der Waals surface area (Å²) < 4.78 is 6.09. The standard InChI is InChI=1S/C22H34N4O/c1-23-22(25-20-10-5-6-11-20)24-14-7-17-27-21-12-15-26(16-13-21)18-19-8-3-2-4-9-19/h2-6,8-9,20-21H,7,10-18H2,1H3,(H2,23,24,25). The highest BCUT2D eigenvalue weighted by Crippen LogP contribution is 2.16. The van der Waals surface area contributed by atoms with Gasteiger partial charge in [-0.1, -0.05) is 42.5 Å². The van der Waals surface area contributed by atoms with Crippen LogP contribution in [0, 0.1) is 0 Å². The summed E-state index contributed by atoms with van der Waals surface area (Å²) >= 11 is 0. The Balaban J connectivity index is 1.23. The first-order valence-electron chi connectivity index (χ1n) is 10.3. The average molecular weight is 371 g/mol. The van der Waals surface area contributed by atoms with Gasteiger partial charge in [-0.3, -0.25) is 9.89 Å². The van der Waals surface area contributed by atoms with Crippen LogP contribution in [-0.2, 0) is 11.3 Å². The Morgan fingerprint density at radius 2 is 1.89 bits per heavy atom. The molecule has 1 fully saturated rings. The smallest absolute Gasteiger partial charge is 0.191 e. The van der Waals surface area contributed by atoms with Crippen LogP contribution in [-0.4, -0.2) is 56.3 Å². The third-order valence-electron chi connectivity index (χ3n) is 5.32. The number of hydrogen-bond donors (Lipinski definition) is 2. The molecule has 2 aliphatic rings. The van der Waals surface area contributed by atoms with E-state index in [1.165, 1.54) is 5.56 Å². The van der Waals surface area contributed by atoms with Crippen molar-refractivity contribution in [2.24, 2.45) is 4.99 Å². The predicted molar refractivity (Wildman–Crippen MR) is 112 cm³/mol. The summed E-state index contributed by atoms with van der Waals surface area (Å²) in [5.74, 6) is 0.901. The van der Waals surface area contributed by atoms with Crippen molar-refractivity contribution in [3.63, 3.8) is 0 Å². The number of benzene rings is 1. The van der Waals surface area contributed by atoms with Crippen molar-refractivity contribution < 1.29 is 4.74 Å². The summed E-state index contributed by atoms with van der Waals surface area (Å²) in [5.41, 5.74) is 1.40. The van der Waals surface area contributed by atoms with Crippen LogP contribution in [0.1, 0.15) is 37.7 Å². The number of piperidine rings is 1. The van der Waals surface area contributed by atoms with Gasteiger partial charge >= 0.3 is 0 Å². The summed E-state index contributed by atoms with van der Waals surface area (Å²) in [7, 11) is 1.83. The Labute approximate surface area is 163 Å². The zero-order chi connectivity index (χ0) is 18.7. The maximum absolute atomic E-state index is 6.09. The molecule has 0 aromatic heterocycles. The molecule has 1 heterocycles. The molecule has 1 aromatic carbocycles. The first kappa shape index (κ1) is 19.9. The average Bonchev–Trinajstić information content (AvgIpc) is 3.22. The first-order valence-corrected chi connectivity index (χ1v) is 10.3. The van der Waals surface area contributed by atoms with Crippen LogP contribution in [0.3, 0.4) is 0 Å². The van der Waals surface area contributed by atoms with Crippen molar-refractivity contribution >= 4 is 5.96 Å². The van der Waals surface area contributed by atoms with E-state index in [4.69, 9.17) is 4.74 Å². The van der Waals surface area contributed by atoms with Gasteiger partial charge in [-0.25, -0.2) is 0 Å². The molecule has 0 bridgehead atoms. The highest BCUT2D eigenvalue weighted by Gasteiger charge is 2.19. The van der Waals surface area contributed by atoms with E-state index in [0.29, 0.717) is 12.1 Å². The van der Waals surface area contributed by atoms with E-state index in [2.05, 4.69) is 63.0 Å². The molecule has 1 aliphatic carbocycles. The van der Waals surface area contributed by atoms with Crippen molar-refractivity contribution in [1.82, 2.24) is 15.5 Å². The van der Waals surface area contributed by atoms with Crippen molar-refractivity contribution in [2.75, 3.05) is 33.3 Å². The third-order valence-corrected chi connectivity index (χ3v) is 5.32. The second-order valence-electron chi connectivity index (χ2n) is 7.47. The van der Waals surface area contributed by atoms with Crippen LogP contribution in [0.25, 0.3) is 0 Å². The summed E-state index contributed by atoms with van der Waals surface area (Å²) in [6.07, 6.45) is 10.3. The minimum Gasteiger partial charge on any atom is -0.378 e. The lowest BCUT2D eigenvalue weighted by Crippen LogP contribution is -2.43. The van der Waals surface area contributed by atoms with Gasteiger partial charge in [0.15, 0.2) is 5.96 Å². The van der Waals surface area contributed by atoms with E-state index in [1.807, 2.05) is 7.05 Å². The van der Waals surface area contributed by atoms with Crippen LogP contribution in [0.5, 0.6) is 0 Å². The molecule has 0 radical (unpaired) electrons. The number of rotatable bonds is 8. The van der Waals surface area contributed by atoms with E-state index < -0.39 is 0 Å². The van der Waals surface area contributed by atoms with E-state index >= 15 is 0 Å². The number of nitrogens with zero attached hydrogens (tertiary/aromatic N) is 2. The van der Waals surface area contributed by atoms with E-state index in [9.17, 15) is 0 Å². The van der Waals surface area contributed by atoms with Crippen LogP contribution in [0.2, 0.25) is 0 Å². The lowest BCUT2D eigenvalue weighted by atomic mass is 10.1. The maximum atomic E-state index is 6.09. The molecule has 1 saturated heterocycles. The van der Waals surface area contributed by atoms with Crippen molar-refractivity contribution in [3.8, 4) is 0 Å². The van der Waals surface area contributed by atoms with Gasteiger partial charge in [-0.05, 0) is 37.7 Å². The minimum atomic E-state index is 0.416. The topological polar surface area (TPSA) is 48.9 Å². The molecule has 0 unspecified atom stereocenters. The van der Waals surface area contributed by atoms with Gasteiger partial charge in [0.1, 0.15) is 0 Å². The van der Waals surface area contributed by atoms with E-state index in [-0.39, 0.29) is 0 Å². The van der Waals surface area contributed by atoms with Gasteiger partial charge in [-0.15, -0.1) is 0 Å². The fraction of sp³-hybridized carbons (Fsp3) is 0.591. The summed E-state index contributed by atoms with van der Waals surface area (Å²) in [4.78, 5) is 6.83. The zero-order valence-corrected chi connectivity index (χ0v) is 16.6. The third kappa shape index (κ3) is 7.00. The number of nitrogens with one attached hydrogen (secondary N) is 2. The molecule has 148 valence electrons. The number of aliphatic imine (C=N–C) groups is 1. The minimum absolute atomic E-state index is 0.416. The largest absolute Gasteiger partial charge is 0.378 e. The van der Waals surface area contributed by atoms with Crippen molar-refractivity contribution in [3.05, 3.63) is 48.0 Å². The monoisotopic (exact) mass is 370 g/mol. The van der Waals surface area contributed by atoms with Gasteiger partial charge in [0.05, 0.1) is 6.10 Å². The van der Waals surface area contributed by atoms with Crippen LogP contribution in [0.4, 0.5) is 0 Å². The molecule has 1 aliphatic heterocycles. The molecule has 0 amide bonds. The lowest BCUT2D eigenvalue weighted by Gasteiger charge is -2.32. The zero-order valence-electron chi connectivity index (χ0n) is 16.6. The quantitative estimate of drug-likeness (QED) is 0.320. The Hall–Kier alpha value is -1.85. The molecular formula is C22H34N4O. The number of guanidine groups is 1. The van der Waals surface area contributed by atoms with Gasteiger partial charge in [-0.2, -0.15) is 0 Å². The normalized spacial score (nSPS) is 19.5. The maximum Gasteiger partial charge on any atom is 0.191 e. The summed E-state index contributed by atoms with van der Waals surface area (Å²) in [6, 6.07) is 11.2. The molecule has 2 N–H and O–H groups in total. The summed E-state index contributed by atoms with van der Waals surface area (Å²) in [5, 5.41) is 6.85. The molecule has 0 atom stereocenters.